The molecule has 0 aliphatic heterocycles. The lowest BCUT2D eigenvalue weighted by Gasteiger charge is -2.17. The van der Waals surface area contributed by atoms with Crippen LogP contribution in [0.25, 0.3) is 0 Å². The molecule has 0 radical (unpaired) electrons. The molecule has 0 amide bonds. The Balaban J connectivity index is 1.77. The van der Waals surface area contributed by atoms with Gasteiger partial charge < -0.3 is 14.8 Å². The Hall–Kier alpha value is -1.95. The Morgan fingerprint density at radius 3 is 2.34 bits per heavy atom. The van der Waals surface area contributed by atoms with Gasteiger partial charge in [-0.1, -0.05) is 29.3 Å². The third kappa shape index (κ3) is 5.78. The number of hydrogen-bond acceptors (Lipinski definition) is 3. The molecule has 0 heterocycles. The van der Waals surface area contributed by atoms with Crippen LogP contribution in [0.2, 0.25) is 10.0 Å². The first kappa shape index (κ1) is 21.8. The second kappa shape index (κ2) is 10.2. The molecule has 0 saturated carbocycles. The van der Waals surface area contributed by atoms with Crippen LogP contribution in [0.15, 0.2) is 59.1 Å². The molecule has 0 aliphatic rings. The van der Waals surface area contributed by atoms with Gasteiger partial charge in [0.25, 0.3) is 0 Å². The number of benzene rings is 3. The van der Waals surface area contributed by atoms with Gasteiger partial charge in [-0.05, 0) is 76.9 Å². The SMILES string of the molecule is CCOc1cc(CNc2ccc(F)cc2)cc(Br)c1OCc1c(Cl)cccc1Cl. The van der Waals surface area contributed by atoms with E-state index in [0.29, 0.717) is 40.3 Å². The summed E-state index contributed by atoms with van der Waals surface area (Å²) in [6.07, 6.45) is 0. The second-order valence-electron chi connectivity index (χ2n) is 6.19. The summed E-state index contributed by atoms with van der Waals surface area (Å²) in [5.41, 5.74) is 2.52. The van der Waals surface area contributed by atoms with Crippen LogP contribution in [0, 0.1) is 5.82 Å². The number of halogens is 4. The van der Waals surface area contributed by atoms with Gasteiger partial charge in [-0.15, -0.1) is 0 Å². The van der Waals surface area contributed by atoms with E-state index in [9.17, 15) is 4.39 Å². The Bertz CT molecular complexity index is 963. The lowest BCUT2D eigenvalue weighted by Crippen LogP contribution is -2.04. The largest absolute Gasteiger partial charge is 0.490 e. The lowest BCUT2D eigenvalue weighted by atomic mass is 10.2. The van der Waals surface area contributed by atoms with Crippen LogP contribution in [0.1, 0.15) is 18.1 Å². The molecule has 0 unspecified atom stereocenters. The van der Waals surface area contributed by atoms with Crippen LogP contribution in [0.4, 0.5) is 10.1 Å². The van der Waals surface area contributed by atoms with Crippen LogP contribution >= 0.6 is 39.1 Å². The van der Waals surface area contributed by atoms with E-state index < -0.39 is 0 Å². The van der Waals surface area contributed by atoms with Crippen molar-refractivity contribution in [1.82, 2.24) is 0 Å². The lowest BCUT2D eigenvalue weighted by molar-refractivity contribution is 0.267. The van der Waals surface area contributed by atoms with Crippen molar-refractivity contribution in [2.45, 2.75) is 20.1 Å². The number of ether oxygens (including phenoxy) is 2. The first-order chi connectivity index (χ1) is 14.0. The highest BCUT2D eigenvalue weighted by Crippen LogP contribution is 2.38. The fraction of sp³-hybridized carbons (Fsp3) is 0.182. The number of hydrogen-bond donors (Lipinski definition) is 1. The summed E-state index contributed by atoms with van der Waals surface area (Å²) >= 11 is 16.0. The van der Waals surface area contributed by atoms with E-state index in [-0.39, 0.29) is 12.4 Å². The van der Waals surface area contributed by atoms with Crippen molar-refractivity contribution in [1.29, 1.82) is 0 Å². The van der Waals surface area contributed by atoms with Crippen molar-refractivity contribution < 1.29 is 13.9 Å². The number of anilines is 1. The molecule has 3 nitrogen and oxygen atoms in total. The topological polar surface area (TPSA) is 30.5 Å². The van der Waals surface area contributed by atoms with E-state index in [4.69, 9.17) is 32.7 Å². The maximum Gasteiger partial charge on any atom is 0.175 e. The van der Waals surface area contributed by atoms with E-state index >= 15 is 0 Å². The summed E-state index contributed by atoms with van der Waals surface area (Å²) in [5.74, 6) is 0.923. The van der Waals surface area contributed by atoms with Gasteiger partial charge in [0.05, 0.1) is 11.1 Å². The molecule has 3 rings (SSSR count). The summed E-state index contributed by atoms with van der Waals surface area (Å²) in [5, 5.41) is 4.35. The molecule has 0 aromatic heterocycles. The summed E-state index contributed by atoms with van der Waals surface area (Å²) < 4.78 is 25.6. The smallest absolute Gasteiger partial charge is 0.175 e. The molecule has 3 aromatic carbocycles. The van der Waals surface area contributed by atoms with E-state index in [2.05, 4.69) is 21.2 Å². The first-order valence-corrected chi connectivity index (χ1v) is 10.5. The minimum Gasteiger partial charge on any atom is -0.490 e. The quantitative estimate of drug-likeness (QED) is 0.349. The van der Waals surface area contributed by atoms with Gasteiger partial charge in [0.15, 0.2) is 11.5 Å². The highest BCUT2D eigenvalue weighted by molar-refractivity contribution is 9.10. The summed E-state index contributed by atoms with van der Waals surface area (Å²) in [4.78, 5) is 0. The van der Waals surface area contributed by atoms with Crippen LogP contribution in [0.3, 0.4) is 0 Å². The van der Waals surface area contributed by atoms with Gasteiger partial charge >= 0.3 is 0 Å². The molecule has 152 valence electrons. The van der Waals surface area contributed by atoms with Crippen molar-refractivity contribution in [2.24, 2.45) is 0 Å². The summed E-state index contributed by atoms with van der Waals surface area (Å²) in [7, 11) is 0. The maximum atomic E-state index is 13.0. The van der Waals surface area contributed by atoms with Crippen molar-refractivity contribution in [3.8, 4) is 11.5 Å². The molecule has 0 fully saturated rings. The monoisotopic (exact) mass is 497 g/mol. The van der Waals surface area contributed by atoms with Gasteiger partial charge in [-0.2, -0.15) is 0 Å². The van der Waals surface area contributed by atoms with Gasteiger partial charge in [-0.25, -0.2) is 4.39 Å². The molecule has 29 heavy (non-hydrogen) atoms. The Morgan fingerprint density at radius 2 is 1.69 bits per heavy atom. The van der Waals surface area contributed by atoms with E-state index in [1.165, 1.54) is 12.1 Å². The summed E-state index contributed by atoms with van der Waals surface area (Å²) in [6.45, 7) is 3.15. The molecule has 0 bridgehead atoms. The zero-order valence-electron chi connectivity index (χ0n) is 15.6. The van der Waals surface area contributed by atoms with Crippen LogP contribution < -0.4 is 14.8 Å². The van der Waals surface area contributed by atoms with Crippen LogP contribution in [-0.4, -0.2) is 6.61 Å². The Labute approximate surface area is 187 Å². The Kier molecular flexibility index (Phi) is 7.64. The van der Waals surface area contributed by atoms with Crippen molar-refractivity contribution in [3.63, 3.8) is 0 Å². The normalized spacial score (nSPS) is 10.7. The fourth-order valence-corrected chi connectivity index (χ4v) is 3.82. The van der Waals surface area contributed by atoms with Crippen molar-refractivity contribution >= 4 is 44.8 Å². The van der Waals surface area contributed by atoms with Crippen molar-refractivity contribution in [2.75, 3.05) is 11.9 Å². The van der Waals surface area contributed by atoms with Crippen LogP contribution in [0.5, 0.6) is 11.5 Å². The highest BCUT2D eigenvalue weighted by Gasteiger charge is 2.14. The molecule has 0 atom stereocenters. The Morgan fingerprint density at radius 1 is 1.00 bits per heavy atom. The van der Waals surface area contributed by atoms with Gasteiger partial charge in [0.2, 0.25) is 0 Å². The van der Waals surface area contributed by atoms with Gasteiger partial charge in [0.1, 0.15) is 12.4 Å². The third-order valence-electron chi connectivity index (χ3n) is 4.13. The highest BCUT2D eigenvalue weighted by atomic mass is 79.9. The predicted octanol–water partition coefficient (Wildman–Crippen LogP) is 7.48. The number of nitrogens with one attached hydrogen (secondary N) is 1. The van der Waals surface area contributed by atoms with Crippen molar-refractivity contribution in [3.05, 3.63) is 86.1 Å². The second-order valence-corrected chi connectivity index (χ2v) is 7.86. The zero-order chi connectivity index (χ0) is 20.8. The molecular formula is C22H19BrCl2FNO2. The fourth-order valence-electron chi connectivity index (χ4n) is 2.71. The average molecular weight is 499 g/mol. The summed E-state index contributed by atoms with van der Waals surface area (Å²) in [6, 6.07) is 15.4. The number of rotatable bonds is 8. The third-order valence-corrected chi connectivity index (χ3v) is 5.43. The molecule has 0 aliphatic carbocycles. The standard InChI is InChI=1S/C22H19BrCl2FNO2/c1-2-28-21-11-14(12-27-16-8-6-15(26)7-9-16)10-18(23)22(21)29-13-17-19(24)4-3-5-20(17)25/h3-11,27H,2,12-13H2,1H3. The van der Waals surface area contributed by atoms with E-state index in [1.54, 1.807) is 30.3 Å². The zero-order valence-corrected chi connectivity index (χ0v) is 18.7. The van der Waals surface area contributed by atoms with Crippen LogP contribution in [-0.2, 0) is 13.2 Å². The maximum absolute atomic E-state index is 13.0. The molecule has 3 aromatic rings. The molecule has 7 heteroatoms. The minimum atomic E-state index is -0.267. The first-order valence-electron chi connectivity index (χ1n) is 8.98. The molecule has 0 saturated heterocycles. The minimum absolute atomic E-state index is 0.213. The van der Waals surface area contributed by atoms with E-state index in [1.807, 2.05) is 19.1 Å². The predicted molar refractivity (Wildman–Crippen MR) is 120 cm³/mol. The average Bonchev–Trinajstić information content (AvgIpc) is 2.69. The van der Waals surface area contributed by atoms with E-state index in [0.717, 1.165) is 15.7 Å². The molecule has 0 spiro atoms. The van der Waals surface area contributed by atoms with Gasteiger partial charge in [-0.3, -0.25) is 0 Å². The van der Waals surface area contributed by atoms with Gasteiger partial charge in [0, 0.05) is 27.8 Å². The molecule has 1 N–H and O–H groups in total. The molecular weight excluding hydrogens is 480 g/mol.